The summed E-state index contributed by atoms with van der Waals surface area (Å²) in [6.45, 7) is 1.75. The number of carbonyl (C=O) groups excluding carboxylic acids is 5. The van der Waals surface area contributed by atoms with Crippen LogP contribution < -0.4 is 5.73 Å². The molecule has 1 aromatic rings. The lowest BCUT2D eigenvalue weighted by Crippen LogP contribution is -2.72. The highest BCUT2D eigenvalue weighted by molar-refractivity contribution is 6.31. The van der Waals surface area contributed by atoms with Crippen LogP contribution in [0, 0.1) is 23.7 Å². The summed E-state index contributed by atoms with van der Waals surface area (Å²) in [5, 5.41) is 21.5. The van der Waals surface area contributed by atoms with Gasteiger partial charge in [0.1, 0.15) is 5.75 Å². The van der Waals surface area contributed by atoms with Crippen LogP contribution >= 0.6 is 0 Å². The van der Waals surface area contributed by atoms with Gasteiger partial charge >= 0.3 is 0 Å². The second kappa shape index (κ2) is 6.55. The summed E-state index contributed by atoms with van der Waals surface area (Å²) in [4.78, 5) is 63.8. The maximum atomic E-state index is 13.4. The molecule has 7 atom stereocenters. The number of ketones is 4. The summed E-state index contributed by atoms with van der Waals surface area (Å²) in [7, 11) is 1.31. The number of primary amides is 1. The summed E-state index contributed by atoms with van der Waals surface area (Å²) in [5.41, 5.74) is 2.89. The molecular weight excluding hydrogens is 394 g/mol. The van der Waals surface area contributed by atoms with Crippen LogP contribution in [-0.2, 0) is 23.9 Å². The maximum Gasteiger partial charge on any atom is 0.235 e. The smallest absolute Gasteiger partial charge is 0.235 e. The van der Waals surface area contributed by atoms with Crippen LogP contribution in [0.3, 0.4) is 0 Å². The predicted octanol–water partition coefficient (Wildman–Crippen LogP) is -0.487. The summed E-state index contributed by atoms with van der Waals surface area (Å²) >= 11 is 0. The van der Waals surface area contributed by atoms with Crippen molar-refractivity contribution in [3.63, 3.8) is 0 Å². The Morgan fingerprint density at radius 1 is 1.20 bits per heavy atom. The molecule has 3 aliphatic carbocycles. The molecule has 9 heteroatoms. The van der Waals surface area contributed by atoms with Gasteiger partial charge in [0.15, 0.2) is 34.7 Å². The Balaban J connectivity index is 1.92. The van der Waals surface area contributed by atoms with Gasteiger partial charge in [-0.1, -0.05) is 19.1 Å². The molecule has 0 radical (unpaired) electrons. The number of nitrogens with two attached hydrogens (primary N) is 1. The zero-order valence-corrected chi connectivity index (χ0v) is 16.3. The van der Waals surface area contributed by atoms with E-state index in [9.17, 15) is 34.2 Å². The van der Waals surface area contributed by atoms with Crippen LogP contribution in [0.5, 0.6) is 5.75 Å². The van der Waals surface area contributed by atoms with Crippen molar-refractivity contribution >= 4 is 29.0 Å². The monoisotopic (exact) mass is 415 g/mol. The molecule has 158 valence electrons. The molecule has 4 N–H and O–H groups in total. The van der Waals surface area contributed by atoms with Crippen molar-refractivity contribution in [1.29, 1.82) is 0 Å². The number of phenols is 1. The minimum Gasteiger partial charge on any atom is -0.507 e. The van der Waals surface area contributed by atoms with Gasteiger partial charge in [-0.15, -0.1) is 0 Å². The number of hydrogen-bond donors (Lipinski definition) is 3. The van der Waals surface area contributed by atoms with Crippen molar-refractivity contribution in [1.82, 2.24) is 0 Å². The van der Waals surface area contributed by atoms with Gasteiger partial charge < -0.3 is 20.7 Å². The second-order valence-corrected chi connectivity index (χ2v) is 8.26. The number of carbonyl (C=O) groups is 5. The molecule has 0 heterocycles. The predicted molar refractivity (Wildman–Crippen MR) is 99.4 cm³/mol. The van der Waals surface area contributed by atoms with Gasteiger partial charge in [0.25, 0.3) is 0 Å². The third-order valence-corrected chi connectivity index (χ3v) is 6.96. The van der Waals surface area contributed by atoms with Gasteiger partial charge in [0.05, 0.1) is 17.6 Å². The van der Waals surface area contributed by atoms with E-state index >= 15 is 0 Å². The Labute approximate surface area is 171 Å². The van der Waals surface area contributed by atoms with E-state index in [1.54, 1.807) is 19.1 Å². The second-order valence-electron chi connectivity index (χ2n) is 8.26. The van der Waals surface area contributed by atoms with Crippen molar-refractivity contribution in [3.05, 3.63) is 29.3 Å². The molecular formula is C21H21NO8. The molecule has 3 aliphatic rings. The molecule has 2 fully saturated rings. The highest BCUT2D eigenvalue weighted by atomic mass is 16.5. The van der Waals surface area contributed by atoms with E-state index in [4.69, 9.17) is 10.5 Å². The highest BCUT2D eigenvalue weighted by Gasteiger charge is 2.70. The lowest BCUT2D eigenvalue weighted by molar-refractivity contribution is -0.191. The van der Waals surface area contributed by atoms with Crippen molar-refractivity contribution in [3.8, 4) is 5.75 Å². The van der Waals surface area contributed by atoms with Crippen molar-refractivity contribution in [2.45, 2.75) is 31.0 Å². The molecule has 30 heavy (non-hydrogen) atoms. The van der Waals surface area contributed by atoms with Crippen LogP contribution in [0.2, 0.25) is 0 Å². The summed E-state index contributed by atoms with van der Waals surface area (Å²) in [6, 6.07) is 4.55. The molecule has 1 amide bonds. The van der Waals surface area contributed by atoms with E-state index in [1.165, 1.54) is 13.2 Å². The molecule has 2 unspecified atom stereocenters. The van der Waals surface area contributed by atoms with E-state index in [0.717, 1.165) is 0 Å². The van der Waals surface area contributed by atoms with Gasteiger partial charge in [-0.25, -0.2) is 0 Å². The lowest BCUT2D eigenvalue weighted by Gasteiger charge is -2.53. The zero-order valence-electron chi connectivity index (χ0n) is 16.3. The average molecular weight is 415 g/mol. The first-order valence-electron chi connectivity index (χ1n) is 9.59. The number of ether oxygens (including phenoxy) is 1. The molecule has 0 saturated heterocycles. The zero-order chi connectivity index (χ0) is 22.1. The van der Waals surface area contributed by atoms with Gasteiger partial charge in [-0.05, 0) is 17.5 Å². The molecule has 2 saturated carbocycles. The van der Waals surface area contributed by atoms with Crippen LogP contribution in [-0.4, -0.2) is 58.1 Å². The first kappa shape index (κ1) is 20.4. The minimum absolute atomic E-state index is 0.0395. The Hall–Kier alpha value is -2.91. The lowest BCUT2D eigenvalue weighted by atomic mass is 9.50. The number of phenolic OH excluding ortho intramolecular Hbond substituents is 1. The topological polar surface area (TPSA) is 161 Å². The Kier molecular flexibility index (Phi) is 4.44. The Bertz CT molecular complexity index is 1020. The standard InChI is InChI=1S/C21H21NO8/c1-7-8-4-3-5-10(23)13(8)16(25)15-12(7)17(30-2)9-6-11(24)14(20(22)28)18(26)21(9,29)19(15)27/h3-5,7,9,12,14-15,17,23,29H,6H2,1-2H3,(H2,22,28)/t7-,9+,12+,14?,15?,17-,21+/m0/s1. The average Bonchev–Trinajstić information content (AvgIpc) is 2.68. The SMILES string of the molecule is CO[C@@H]1[C@H]2C(C(=O)c3c(O)cccc3[C@@H]2C)C(=O)[C@]2(O)C(=O)C(C(N)=O)C(=O)C[C@H]12. The normalized spacial score (nSPS) is 38.0. The van der Waals surface area contributed by atoms with Crippen LogP contribution in [0.1, 0.15) is 35.2 Å². The number of aliphatic hydroxyl groups is 1. The third kappa shape index (κ3) is 2.33. The molecule has 0 spiro atoms. The van der Waals surface area contributed by atoms with Crippen molar-refractivity contribution in [2.24, 2.45) is 29.4 Å². The van der Waals surface area contributed by atoms with E-state index < -0.39 is 76.8 Å². The number of rotatable bonds is 2. The van der Waals surface area contributed by atoms with Gasteiger partial charge in [0.2, 0.25) is 5.91 Å². The molecule has 0 aromatic heterocycles. The van der Waals surface area contributed by atoms with E-state index in [0.29, 0.717) is 5.56 Å². The Morgan fingerprint density at radius 3 is 2.47 bits per heavy atom. The van der Waals surface area contributed by atoms with E-state index in [-0.39, 0.29) is 11.3 Å². The van der Waals surface area contributed by atoms with Gasteiger partial charge in [-0.2, -0.15) is 0 Å². The molecule has 0 bridgehead atoms. The van der Waals surface area contributed by atoms with E-state index in [1.807, 2.05) is 0 Å². The van der Waals surface area contributed by atoms with Gasteiger partial charge in [-0.3, -0.25) is 24.0 Å². The molecule has 4 rings (SSSR count). The number of benzene rings is 1. The van der Waals surface area contributed by atoms with E-state index in [2.05, 4.69) is 0 Å². The summed E-state index contributed by atoms with van der Waals surface area (Å²) in [5.74, 6) is -11.4. The summed E-state index contributed by atoms with van der Waals surface area (Å²) < 4.78 is 5.55. The maximum absolute atomic E-state index is 13.4. The molecule has 1 aromatic carbocycles. The molecule has 9 nitrogen and oxygen atoms in total. The van der Waals surface area contributed by atoms with Crippen molar-refractivity contribution < 1.29 is 38.9 Å². The quantitative estimate of drug-likeness (QED) is 0.545. The van der Waals surface area contributed by atoms with Crippen LogP contribution in [0.25, 0.3) is 0 Å². The van der Waals surface area contributed by atoms with Gasteiger partial charge in [0, 0.05) is 25.4 Å². The largest absolute Gasteiger partial charge is 0.507 e. The number of hydrogen-bond acceptors (Lipinski definition) is 8. The number of aromatic hydroxyl groups is 1. The fourth-order valence-electron chi connectivity index (χ4n) is 5.60. The fourth-order valence-corrected chi connectivity index (χ4v) is 5.60. The first-order chi connectivity index (χ1) is 14.1. The van der Waals surface area contributed by atoms with Crippen molar-refractivity contribution in [2.75, 3.05) is 7.11 Å². The first-order valence-corrected chi connectivity index (χ1v) is 9.59. The minimum atomic E-state index is -2.76. The number of methoxy groups -OCH3 is 1. The summed E-state index contributed by atoms with van der Waals surface area (Å²) in [6.07, 6.45) is -1.45. The fraction of sp³-hybridized carbons (Fsp3) is 0.476. The number of Topliss-reactive ketones (excluding diaryl/α,β-unsaturated/α-hetero) is 4. The number of fused-ring (bicyclic) bond motifs is 3. The third-order valence-electron chi connectivity index (χ3n) is 6.96. The number of amides is 1. The molecule has 0 aliphatic heterocycles. The Morgan fingerprint density at radius 2 is 1.87 bits per heavy atom. The highest BCUT2D eigenvalue weighted by Crippen LogP contribution is 2.54. The van der Waals surface area contributed by atoms with Crippen LogP contribution in [0.15, 0.2) is 18.2 Å². The van der Waals surface area contributed by atoms with Crippen LogP contribution in [0.4, 0.5) is 0 Å².